The molecule has 5 aromatic rings. The van der Waals surface area contributed by atoms with Crippen molar-refractivity contribution < 1.29 is 8.91 Å². The lowest BCUT2D eigenvalue weighted by Crippen LogP contribution is -2.40. The molecule has 0 aliphatic heterocycles. The number of aryl methyl sites for hydroxylation is 1. The van der Waals surface area contributed by atoms with E-state index in [2.05, 4.69) is 31.1 Å². The van der Waals surface area contributed by atoms with Gasteiger partial charge in [0.25, 0.3) is 0 Å². The molecule has 0 aliphatic rings. The minimum absolute atomic E-state index is 0.0373. The van der Waals surface area contributed by atoms with Crippen LogP contribution in [0.4, 0.5) is 10.2 Å². The first-order chi connectivity index (χ1) is 22.2. The molecule has 0 unspecified atom stereocenters. The van der Waals surface area contributed by atoms with Gasteiger partial charge in [-0.3, -0.25) is 9.98 Å². The first-order valence-corrected chi connectivity index (χ1v) is 15.4. The molecule has 0 saturated carbocycles. The summed E-state index contributed by atoms with van der Waals surface area (Å²) in [5.41, 5.74) is 14.6. The number of hydrogen-bond acceptors (Lipinski definition) is 8. The molecule has 0 fully saturated rings. The predicted octanol–water partition coefficient (Wildman–Crippen LogP) is 4.27. The monoisotopic (exact) mass is 648 g/mol. The third-order valence-corrected chi connectivity index (χ3v) is 7.87. The van der Waals surface area contributed by atoms with Gasteiger partial charge in [0.15, 0.2) is 17.6 Å². The zero-order valence-electron chi connectivity index (χ0n) is 25.4. The summed E-state index contributed by atoms with van der Waals surface area (Å²) in [6.07, 6.45) is 6.33. The SMILES string of the molecule is C[C@H](N)CCCc1cc(Cl)c(F)c(-c2cc3cn(-c4ccc(CN[C@H](CCNC(=N)N)CNc5ccon5)cc4)c(=O)nc3[nH]2)c1. The summed E-state index contributed by atoms with van der Waals surface area (Å²) in [6, 6.07) is 14.6. The summed E-state index contributed by atoms with van der Waals surface area (Å²) >= 11 is 6.25. The number of aromatic amines is 1. The average molecular weight is 649 g/mol. The number of H-pyrrole nitrogens is 1. The summed E-state index contributed by atoms with van der Waals surface area (Å²) in [6.45, 7) is 3.64. The van der Waals surface area contributed by atoms with Crippen LogP contribution in [0, 0.1) is 11.2 Å². The molecule has 0 spiro atoms. The summed E-state index contributed by atoms with van der Waals surface area (Å²) in [5, 5.41) is 21.5. The van der Waals surface area contributed by atoms with Crippen LogP contribution in [0.25, 0.3) is 28.0 Å². The molecule has 3 heterocycles. The molecule has 0 bridgehead atoms. The van der Waals surface area contributed by atoms with E-state index in [-0.39, 0.29) is 23.1 Å². The fourth-order valence-corrected chi connectivity index (χ4v) is 5.41. The highest BCUT2D eigenvalue weighted by molar-refractivity contribution is 6.31. The second kappa shape index (κ2) is 15.0. The first kappa shape index (κ1) is 32.7. The summed E-state index contributed by atoms with van der Waals surface area (Å²) in [7, 11) is 0. The average Bonchev–Trinajstić information content (AvgIpc) is 3.69. The van der Waals surface area contributed by atoms with Crippen LogP contribution in [0.2, 0.25) is 5.02 Å². The van der Waals surface area contributed by atoms with E-state index >= 15 is 4.39 Å². The number of rotatable bonds is 15. The normalized spacial score (nSPS) is 12.7. The number of nitrogens with two attached hydrogens (primary N) is 2. The van der Waals surface area contributed by atoms with E-state index in [4.69, 9.17) is 33.0 Å². The molecule has 2 aromatic carbocycles. The van der Waals surface area contributed by atoms with E-state index in [1.807, 2.05) is 31.2 Å². The highest BCUT2D eigenvalue weighted by Crippen LogP contribution is 2.31. The predicted molar refractivity (Wildman–Crippen MR) is 179 cm³/mol. The molecule has 0 aliphatic carbocycles. The third kappa shape index (κ3) is 8.50. The zero-order chi connectivity index (χ0) is 32.6. The number of fused-ring (bicyclic) bond motifs is 1. The molecule has 0 radical (unpaired) electrons. The lowest BCUT2D eigenvalue weighted by atomic mass is 10.0. The Morgan fingerprint density at radius 2 is 1.98 bits per heavy atom. The molecule has 0 amide bonds. The van der Waals surface area contributed by atoms with Crippen LogP contribution in [0.15, 0.2) is 70.3 Å². The van der Waals surface area contributed by atoms with Crippen molar-refractivity contribution in [1.29, 1.82) is 5.41 Å². The molecule has 14 heteroatoms. The van der Waals surface area contributed by atoms with Crippen LogP contribution in [-0.2, 0) is 13.0 Å². The molecular weight excluding hydrogens is 611 g/mol. The largest absolute Gasteiger partial charge is 0.370 e. The molecule has 0 saturated heterocycles. The quantitative estimate of drug-likeness (QED) is 0.0642. The van der Waals surface area contributed by atoms with E-state index in [1.54, 1.807) is 30.5 Å². The molecule has 5 rings (SSSR count). The van der Waals surface area contributed by atoms with Gasteiger partial charge in [0, 0.05) is 54.9 Å². The van der Waals surface area contributed by atoms with Crippen molar-refractivity contribution >= 4 is 34.4 Å². The maximum atomic E-state index is 15.1. The summed E-state index contributed by atoms with van der Waals surface area (Å²) < 4.78 is 21.5. The zero-order valence-corrected chi connectivity index (χ0v) is 26.2. The van der Waals surface area contributed by atoms with Gasteiger partial charge in [0.1, 0.15) is 11.9 Å². The van der Waals surface area contributed by atoms with E-state index in [0.717, 1.165) is 30.4 Å². The van der Waals surface area contributed by atoms with Gasteiger partial charge in [-0.2, -0.15) is 4.98 Å². The Kier molecular flexibility index (Phi) is 10.7. The summed E-state index contributed by atoms with van der Waals surface area (Å²) in [5.74, 6) is 0.0266. The minimum atomic E-state index is -0.533. The van der Waals surface area contributed by atoms with Gasteiger partial charge < -0.3 is 36.9 Å². The highest BCUT2D eigenvalue weighted by Gasteiger charge is 2.16. The Morgan fingerprint density at radius 3 is 2.70 bits per heavy atom. The van der Waals surface area contributed by atoms with E-state index in [0.29, 0.717) is 59.9 Å². The van der Waals surface area contributed by atoms with E-state index < -0.39 is 11.5 Å². The fourth-order valence-electron chi connectivity index (χ4n) is 5.16. The number of halogens is 2. The van der Waals surface area contributed by atoms with Gasteiger partial charge in [-0.25, -0.2) is 9.18 Å². The Bertz CT molecular complexity index is 1820. The maximum absolute atomic E-state index is 15.1. The number of hydrogen-bond donors (Lipinski definition) is 7. The van der Waals surface area contributed by atoms with Gasteiger partial charge >= 0.3 is 5.69 Å². The first-order valence-electron chi connectivity index (χ1n) is 15.1. The molecular formula is C32H38ClFN10O2. The number of nitrogens with zero attached hydrogens (tertiary/aromatic N) is 3. The van der Waals surface area contributed by atoms with Crippen molar-refractivity contribution in [2.75, 3.05) is 18.4 Å². The standard InChI is InChI=1S/C32H38ClFN10O2/c1-19(35)3-2-4-21-13-25(29(34)26(33)14-21)27-15-22-18-44(32(45)42-30(22)41-27)24-7-5-20(6-8-24)16-39-23(9-11-38-31(36)37)17-40-28-10-12-46-43-28/h5-8,10,12-15,18-19,23,39H,2-4,9,11,16-17,35H2,1H3,(H,40,43)(H4,36,37,38)(H,41,42,45)/t19-,23+/m0/s1. The maximum Gasteiger partial charge on any atom is 0.354 e. The molecule has 3 aromatic heterocycles. The molecule has 46 heavy (non-hydrogen) atoms. The lowest BCUT2D eigenvalue weighted by Gasteiger charge is -2.20. The van der Waals surface area contributed by atoms with Gasteiger partial charge in [-0.1, -0.05) is 28.9 Å². The number of aromatic nitrogens is 4. The Labute approximate surface area is 270 Å². The van der Waals surface area contributed by atoms with Crippen LogP contribution >= 0.6 is 11.6 Å². The second-order valence-corrected chi connectivity index (χ2v) is 11.7. The minimum Gasteiger partial charge on any atom is -0.370 e. The number of benzene rings is 2. The van der Waals surface area contributed by atoms with E-state index in [1.165, 1.54) is 10.8 Å². The van der Waals surface area contributed by atoms with Gasteiger partial charge in [0.05, 0.1) is 16.4 Å². The van der Waals surface area contributed by atoms with Crippen molar-refractivity contribution in [2.45, 2.75) is 51.2 Å². The number of nitrogens with one attached hydrogen (secondary N) is 5. The third-order valence-electron chi connectivity index (χ3n) is 7.60. The smallest absolute Gasteiger partial charge is 0.354 e. The van der Waals surface area contributed by atoms with Gasteiger partial charge in [0.2, 0.25) is 0 Å². The van der Waals surface area contributed by atoms with Crippen molar-refractivity contribution in [3.8, 4) is 16.9 Å². The number of anilines is 1. The summed E-state index contributed by atoms with van der Waals surface area (Å²) in [4.78, 5) is 20.3. The molecule has 9 N–H and O–H groups in total. The van der Waals surface area contributed by atoms with E-state index in [9.17, 15) is 4.79 Å². The van der Waals surface area contributed by atoms with Gasteiger partial charge in [-0.05, 0) is 74.1 Å². The molecule has 2 atom stereocenters. The number of guanidine groups is 1. The Hall–Kier alpha value is -4.72. The molecule has 12 nitrogen and oxygen atoms in total. The van der Waals surface area contributed by atoms with Crippen LogP contribution in [-0.4, -0.2) is 50.8 Å². The second-order valence-electron chi connectivity index (χ2n) is 11.3. The lowest BCUT2D eigenvalue weighted by molar-refractivity contribution is 0.421. The Balaban J connectivity index is 1.29. The topological polar surface area (TPSA) is 189 Å². The van der Waals surface area contributed by atoms with Crippen molar-refractivity contribution in [3.63, 3.8) is 0 Å². The van der Waals surface area contributed by atoms with Crippen molar-refractivity contribution in [1.82, 2.24) is 30.3 Å². The van der Waals surface area contributed by atoms with Crippen LogP contribution in [0.5, 0.6) is 0 Å². The Morgan fingerprint density at radius 1 is 1.17 bits per heavy atom. The molecule has 242 valence electrons. The van der Waals surface area contributed by atoms with Crippen molar-refractivity contribution in [3.05, 3.63) is 93.4 Å². The fraction of sp³-hybridized carbons (Fsp3) is 0.312. The van der Waals surface area contributed by atoms with Crippen LogP contribution < -0.4 is 33.1 Å². The van der Waals surface area contributed by atoms with Crippen LogP contribution in [0.1, 0.15) is 37.3 Å². The van der Waals surface area contributed by atoms with Gasteiger partial charge in [-0.15, -0.1) is 0 Å². The van der Waals surface area contributed by atoms with Crippen molar-refractivity contribution in [2.24, 2.45) is 11.5 Å². The highest BCUT2D eigenvalue weighted by atomic mass is 35.5. The van der Waals surface area contributed by atoms with Crippen LogP contribution in [0.3, 0.4) is 0 Å².